The van der Waals surface area contributed by atoms with Crippen LogP contribution >= 0.6 is 15.9 Å². The van der Waals surface area contributed by atoms with Crippen LogP contribution in [0.1, 0.15) is 12.8 Å². The van der Waals surface area contributed by atoms with Crippen molar-refractivity contribution in [3.8, 4) is 5.75 Å². The van der Waals surface area contributed by atoms with E-state index >= 15 is 0 Å². The second-order valence-corrected chi connectivity index (χ2v) is 7.57. The fourth-order valence-corrected chi connectivity index (χ4v) is 3.85. The Bertz CT molecular complexity index is 516. The minimum absolute atomic E-state index is 0.205. The first-order valence-corrected chi connectivity index (χ1v) is 8.42. The predicted molar refractivity (Wildman–Crippen MR) is 76.0 cm³/mol. The highest BCUT2D eigenvalue weighted by atomic mass is 79.9. The Labute approximate surface area is 116 Å². The molecule has 100 valence electrons. The summed E-state index contributed by atoms with van der Waals surface area (Å²) < 4.78 is 28.8. The molecule has 1 aliphatic rings. The van der Waals surface area contributed by atoms with Gasteiger partial charge in [-0.3, -0.25) is 0 Å². The summed E-state index contributed by atoms with van der Waals surface area (Å²) in [5.41, 5.74) is 0.943. The molecule has 2 rings (SSSR count). The van der Waals surface area contributed by atoms with Gasteiger partial charge in [0, 0.05) is 16.6 Å². The number of rotatable bonds is 3. The van der Waals surface area contributed by atoms with Gasteiger partial charge in [-0.05, 0) is 40.9 Å². The maximum atomic E-state index is 11.4. The quantitative estimate of drug-likeness (QED) is 0.923. The SMILES string of the molecule is COc1ccc(Br)c(NC2CCS(=O)(=O)CC2)c1. The maximum Gasteiger partial charge on any atom is 0.150 e. The Morgan fingerprint density at radius 3 is 2.61 bits per heavy atom. The number of benzene rings is 1. The first-order chi connectivity index (χ1) is 8.50. The van der Waals surface area contributed by atoms with E-state index in [2.05, 4.69) is 21.2 Å². The monoisotopic (exact) mass is 333 g/mol. The first-order valence-electron chi connectivity index (χ1n) is 5.81. The Balaban J connectivity index is 2.06. The number of hydrogen-bond acceptors (Lipinski definition) is 4. The Morgan fingerprint density at radius 2 is 2.00 bits per heavy atom. The van der Waals surface area contributed by atoms with E-state index in [1.807, 2.05) is 18.2 Å². The second-order valence-electron chi connectivity index (χ2n) is 4.42. The molecule has 0 aliphatic carbocycles. The molecule has 0 radical (unpaired) electrons. The summed E-state index contributed by atoms with van der Waals surface area (Å²) in [6.07, 6.45) is 1.32. The molecule has 0 bridgehead atoms. The van der Waals surface area contributed by atoms with Crippen LogP contribution < -0.4 is 10.1 Å². The van der Waals surface area contributed by atoms with Crippen LogP contribution in [-0.4, -0.2) is 33.1 Å². The molecule has 1 aliphatic heterocycles. The van der Waals surface area contributed by atoms with Crippen molar-refractivity contribution in [2.75, 3.05) is 23.9 Å². The highest BCUT2D eigenvalue weighted by molar-refractivity contribution is 9.10. The Kier molecular flexibility index (Phi) is 4.17. The standard InChI is InChI=1S/C12H16BrNO3S/c1-17-10-2-3-11(13)12(8-10)14-9-4-6-18(15,16)7-5-9/h2-3,8-9,14H,4-7H2,1H3. The molecule has 1 aromatic carbocycles. The van der Waals surface area contributed by atoms with E-state index in [0.717, 1.165) is 15.9 Å². The largest absolute Gasteiger partial charge is 0.497 e. The van der Waals surface area contributed by atoms with Crippen molar-refractivity contribution in [3.05, 3.63) is 22.7 Å². The van der Waals surface area contributed by atoms with E-state index < -0.39 is 9.84 Å². The van der Waals surface area contributed by atoms with Crippen molar-refractivity contribution >= 4 is 31.5 Å². The van der Waals surface area contributed by atoms with Gasteiger partial charge in [0.1, 0.15) is 15.6 Å². The fraction of sp³-hybridized carbons (Fsp3) is 0.500. The lowest BCUT2D eigenvalue weighted by molar-refractivity contribution is 0.415. The molecule has 1 N–H and O–H groups in total. The average molecular weight is 334 g/mol. The van der Waals surface area contributed by atoms with Gasteiger partial charge in [0.2, 0.25) is 0 Å². The molecule has 1 fully saturated rings. The third-order valence-corrected chi connectivity index (χ3v) is 5.49. The third-order valence-electron chi connectivity index (χ3n) is 3.09. The van der Waals surface area contributed by atoms with Gasteiger partial charge in [-0.25, -0.2) is 8.42 Å². The molecule has 1 aromatic rings. The summed E-state index contributed by atoms with van der Waals surface area (Å²) in [5.74, 6) is 1.32. The fourth-order valence-electron chi connectivity index (χ4n) is 2.00. The van der Waals surface area contributed by atoms with E-state index in [4.69, 9.17) is 4.74 Å². The summed E-state index contributed by atoms with van der Waals surface area (Å²) in [5, 5.41) is 3.37. The van der Waals surface area contributed by atoms with Crippen LogP contribution in [0.5, 0.6) is 5.75 Å². The zero-order valence-electron chi connectivity index (χ0n) is 10.1. The van der Waals surface area contributed by atoms with E-state index in [-0.39, 0.29) is 17.5 Å². The van der Waals surface area contributed by atoms with Crippen molar-refractivity contribution in [3.63, 3.8) is 0 Å². The summed E-state index contributed by atoms with van der Waals surface area (Å²) in [7, 11) is -1.18. The molecular formula is C12H16BrNO3S. The van der Waals surface area contributed by atoms with Gasteiger partial charge in [0.05, 0.1) is 24.3 Å². The van der Waals surface area contributed by atoms with Gasteiger partial charge < -0.3 is 10.1 Å². The van der Waals surface area contributed by atoms with Crippen LogP contribution in [-0.2, 0) is 9.84 Å². The van der Waals surface area contributed by atoms with E-state index in [1.165, 1.54) is 0 Å². The summed E-state index contributed by atoms with van der Waals surface area (Å²) in [6, 6.07) is 5.91. The van der Waals surface area contributed by atoms with Crippen molar-refractivity contribution in [1.29, 1.82) is 0 Å². The summed E-state index contributed by atoms with van der Waals surface area (Å²) in [4.78, 5) is 0. The molecule has 1 saturated heterocycles. The number of ether oxygens (including phenoxy) is 1. The Hall–Kier alpha value is -0.750. The lowest BCUT2D eigenvalue weighted by Gasteiger charge is -2.24. The molecule has 0 atom stereocenters. The molecule has 0 aromatic heterocycles. The van der Waals surface area contributed by atoms with Crippen LogP contribution in [0.4, 0.5) is 5.69 Å². The molecule has 18 heavy (non-hydrogen) atoms. The lowest BCUT2D eigenvalue weighted by atomic mass is 10.1. The van der Waals surface area contributed by atoms with Crippen molar-refractivity contribution in [2.24, 2.45) is 0 Å². The minimum atomic E-state index is -2.81. The van der Waals surface area contributed by atoms with Gasteiger partial charge in [-0.15, -0.1) is 0 Å². The second kappa shape index (κ2) is 5.48. The number of anilines is 1. The molecule has 0 saturated carbocycles. The highest BCUT2D eigenvalue weighted by Gasteiger charge is 2.23. The number of halogens is 1. The zero-order valence-corrected chi connectivity index (χ0v) is 12.6. The topological polar surface area (TPSA) is 55.4 Å². The van der Waals surface area contributed by atoms with Gasteiger partial charge in [-0.2, -0.15) is 0 Å². The average Bonchev–Trinajstić information content (AvgIpc) is 2.34. The van der Waals surface area contributed by atoms with Crippen molar-refractivity contribution < 1.29 is 13.2 Å². The van der Waals surface area contributed by atoms with Gasteiger partial charge in [-0.1, -0.05) is 0 Å². The van der Waals surface area contributed by atoms with Crippen molar-refractivity contribution in [2.45, 2.75) is 18.9 Å². The molecule has 0 unspecified atom stereocenters. The van der Waals surface area contributed by atoms with Crippen LogP contribution in [0, 0.1) is 0 Å². The van der Waals surface area contributed by atoms with E-state index in [9.17, 15) is 8.42 Å². The molecular weight excluding hydrogens is 318 g/mol. The van der Waals surface area contributed by atoms with E-state index in [0.29, 0.717) is 12.8 Å². The third kappa shape index (κ3) is 3.38. The van der Waals surface area contributed by atoms with Gasteiger partial charge in [0.15, 0.2) is 0 Å². The molecule has 4 nitrogen and oxygen atoms in total. The van der Waals surface area contributed by atoms with Crippen molar-refractivity contribution in [1.82, 2.24) is 0 Å². The highest BCUT2D eigenvalue weighted by Crippen LogP contribution is 2.29. The number of methoxy groups -OCH3 is 1. The summed E-state index contributed by atoms with van der Waals surface area (Å²) >= 11 is 3.47. The predicted octanol–water partition coefficient (Wildman–Crippen LogP) is 2.45. The van der Waals surface area contributed by atoms with Gasteiger partial charge >= 0.3 is 0 Å². The number of nitrogens with one attached hydrogen (secondary N) is 1. The normalized spacial score (nSPS) is 19.4. The zero-order chi connectivity index (χ0) is 13.2. The molecule has 6 heteroatoms. The summed E-state index contributed by atoms with van der Waals surface area (Å²) in [6.45, 7) is 0. The maximum absolute atomic E-state index is 11.4. The van der Waals surface area contributed by atoms with Crippen LogP contribution in [0.3, 0.4) is 0 Å². The first kappa shape index (κ1) is 13.7. The van der Waals surface area contributed by atoms with Crippen LogP contribution in [0.25, 0.3) is 0 Å². The number of sulfone groups is 1. The number of hydrogen-bond donors (Lipinski definition) is 1. The molecule has 1 heterocycles. The van der Waals surface area contributed by atoms with Crippen LogP contribution in [0.15, 0.2) is 22.7 Å². The minimum Gasteiger partial charge on any atom is -0.497 e. The smallest absolute Gasteiger partial charge is 0.150 e. The molecule has 0 amide bonds. The van der Waals surface area contributed by atoms with E-state index in [1.54, 1.807) is 7.11 Å². The van der Waals surface area contributed by atoms with Crippen LogP contribution in [0.2, 0.25) is 0 Å². The lowest BCUT2D eigenvalue weighted by Crippen LogP contribution is -2.32. The molecule has 0 spiro atoms. The Morgan fingerprint density at radius 1 is 1.33 bits per heavy atom. The van der Waals surface area contributed by atoms with Gasteiger partial charge in [0.25, 0.3) is 0 Å².